The third-order valence-corrected chi connectivity index (χ3v) is 2.25. The number of hydrogen-bond donors (Lipinski definition) is 0. The van der Waals surface area contributed by atoms with Crippen molar-refractivity contribution in [2.75, 3.05) is 0 Å². The van der Waals surface area contributed by atoms with Gasteiger partial charge in [-0.1, -0.05) is 26.7 Å². The quantitative estimate of drug-likeness (QED) is 0.697. The van der Waals surface area contributed by atoms with Crippen LogP contribution in [0.4, 0.5) is 0 Å². The Labute approximate surface area is 85.9 Å². The van der Waals surface area contributed by atoms with Gasteiger partial charge in [0.05, 0.1) is 11.4 Å². The highest BCUT2D eigenvalue weighted by Gasteiger charge is 1.99. The molecule has 3 nitrogen and oxygen atoms in total. The van der Waals surface area contributed by atoms with E-state index in [1.54, 1.807) is 0 Å². The van der Waals surface area contributed by atoms with Crippen LogP contribution in [0.3, 0.4) is 0 Å². The SMILES string of the molecule is CCCCc1cc(CCCC)nnn1. The molecule has 0 aliphatic heterocycles. The lowest BCUT2D eigenvalue weighted by Crippen LogP contribution is -2.00. The van der Waals surface area contributed by atoms with Gasteiger partial charge >= 0.3 is 0 Å². The Morgan fingerprint density at radius 1 is 0.929 bits per heavy atom. The van der Waals surface area contributed by atoms with Gasteiger partial charge in [-0.3, -0.25) is 0 Å². The average Bonchev–Trinajstić information content (AvgIpc) is 2.24. The van der Waals surface area contributed by atoms with Gasteiger partial charge in [-0.15, -0.1) is 10.2 Å². The fraction of sp³-hybridized carbons (Fsp3) is 0.727. The molecule has 1 aromatic rings. The van der Waals surface area contributed by atoms with E-state index >= 15 is 0 Å². The number of rotatable bonds is 6. The first-order valence-corrected chi connectivity index (χ1v) is 5.55. The molecule has 0 saturated heterocycles. The van der Waals surface area contributed by atoms with Gasteiger partial charge in [0, 0.05) is 0 Å². The summed E-state index contributed by atoms with van der Waals surface area (Å²) in [6.45, 7) is 4.37. The van der Waals surface area contributed by atoms with E-state index in [0.717, 1.165) is 24.2 Å². The number of hydrogen-bond acceptors (Lipinski definition) is 3. The molecule has 0 bridgehead atoms. The first-order valence-electron chi connectivity index (χ1n) is 5.55. The second kappa shape index (κ2) is 6.46. The molecule has 0 N–H and O–H groups in total. The van der Waals surface area contributed by atoms with Crippen molar-refractivity contribution in [3.63, 3.8) is 0 Å². The lowest BCUT2D eigenvalue weighted by molar-refractivity contribution is 0.696. The molecule has 1 heterocycles. The minimum atomic E-state index is 1.03. The molecule has 0 atom stereocenters. The minimum absolute atomic E-state index is 1.03. The summed E-state index contributed by atoms with van der Waals surface area (Å²) in [7, 11) is 0. The number of unbranched alkanes of at least 4 members (excludes halogenated alkanes) is 2. The maximum atomic E-state index is 4.02. The lowest BCUT2D eigenvalue weighted by atomic mass is 10.1. The summed E-state index contributed by atoms with van der Waals surface area (Å²) >= 11 is 0. The molecule has 0 unspecified atom stereocenters. The number of aryl methyl sites for hydroxylation is 2. The van der Waals surface area contributed by atoms with Gasteiger partial charge in [-0.25, -0.2) is 0 Å². The minimum Gasteiger partial charge on any atom is -0.135 e. The van der Waals surface area contributed by atoms with Crippen LogP contribution in [-0.4, -0.2) is 15.4 Å². The largest absolute Gasteiger partial charge is 0.135 e. The van der Waals surface area contributed by atoms with Crippen molar-refractivity contribution in [2.45, 2.75) is 52.4 Å². The summed E-state index contributed by atoms with van der Waals surface area (Å²) in [6.07, 6.45) is 6.84. The van der Waals surface area contributed by atoms with Crippen LogP contribution >= 0.6 is 0 Å². The van der Waals surface area contributed by atoms with Gasteiger partial charge in [0.25, 0.3) is 0 Å². The molecular formula is C11H19N3. The summed E-state index contributed by atoms with van der Waals surface area (Å²) in [6, 6.07) is 2.10. The van der Waals surface area contributed by atoms with E-state index < -0.39 is 0 Å². The van der Waals surface area contributed by atoms with E-state index in [0.29, 0.717) is 0 Å². The van der Waals surface area contributed by atoms with Crippen molar-refractivity contribution >= 4 is 0 Å². The first kappa shape index (κ1) is 11.1. The predicted octanol–water partition coefficient (Wildman–Crippen LogP) is 2.56. The van der Waals surface area contributed by atoms with Crippen LogP contribution in [-0.2, 0) is 12.8 Å². The number of nitrogens with zero attached hydrogens (tertiary/aromatic N) is 3. The summed E-state index contributed by atoms with van der Waals surface area (Å²) in [5.74, 6) is 0. The molecule has 1 rings (SSSR count). The lowest BCUT2D eigenvalue weighted by Gasteiger charge is -2.00. The van der Waals surface area contributed by atoms with Crippen molar-refractivity contribution in [3.05, 3.63) is 17.5 Å². The molecule has 0 fully saturated rings. The van der Waals surface area contributed by atoms with Crippen molar-refractivity contribution in [2.24, 2.45) is 0 Å². The molecule has 78 valence electrons. The zero-order valence-corrected chi connectivity index (χ0v) is 9.16. The fourth-order valence-corrected chi connectivity index (χ4v) is 1.35. The fourth-order valence-electron chi connectivity index (χ4n) is 1.35. The Balaban J connectivity index is 2.50. The van der Waals surface area contributed by atoms with Crippen LogP contribution in [0.25, 0.3) is 0 Å². The van der Waals surface area contributed by atoms with Crippen LogP contribution in [0.2, 0.25) is 0 Å². The van der Waals surface area contributed by atoms with Gasteiger partial charge in [0.2, 0.25) is 0 Å². The topological polar surface area (TPSA) is 38.7 Å². The van der Waals surface area contributed by atoms with Crippen molar-refractivity contribution in [3.8, 4) is 0 Å². The summed E-state index contributed by atoms with van der Waals surface area (Å²) in [5, 5.41) is 11.8. The zero-order chi connectivity index (χ0) is 10.2. The van der Waals surface area contributed by atoms with Crippen LogP contribution in [0.1, 0.15) is 50.9 Å². The second-order valence-corrected chi connectivity index (χ2v) is 3.62. The van der Waals surface area contributed by atoms with E-state index in [1.165, 1.54) is 25.7 Å². The van der Waals surface area contributed by atoms with E-state index in [9.17, 15) is 0 Å². The molecule has 1 aromatic heterocycles. The van der Waals surface area contributed by atoms with Gasteiger partial charge in [0.15, 0.2) is 0 Å². The van der Waals surface area contributed by atoms with Gasteiger partial charge < -0.3 is 0 Å². The standard InChI is InChI=1S/C11H19N3/c1-3-5-7-10-9-11(8-6-4-2)13-14-12-10/h9H,3-8H2,1-2H3. The third-order valence-electron chi connectivity index (χ3n) is 2.25. The predicted molar refractivity (Wildman–Crippen MR) is 57.1 cm³/mol. The summed E-state index contributed by atoms with van der Waals surface area (Å²) in [5.41, 5.74) is 2.18. The smallest absolute Gasteiger partial charge is 0.0667 e. The monoisotopic (exact) mass is 193 g/mol. The van der Waals surface area contributed by atoms with Crippen molar-refractivity contribution in [1.29, 1.82) is 0 Å². The Morgan fingerprint density at radius 2 is 1.43 bits per heavy atom. The summed E-state index contributed by atoms with van der Waals surface area (Å²) in [4.78, 5) is 0. The van der Waals surface area contributed by atoms with Gasteiger partial charge in [-0.05, 0) is 37.0 Å². The van der Waals surface area contributed by atoms with Crippen LogP contribution in [0.15, 0.2) is 6.07 Å². The highest BCUT2D eigenvalue weighted by atomic mass is 15.3. The third kappa shape index (κ3) is 3.81. The molecule has 0 radical (unpaired) electrons. The second-order valence-electron chi connectivity index (χ2n) is 3.62. The molecule has 0 aromatic carbocycles. The highest BCUT2D eigenvalue weighted by molar-refractivity contribution is 5.06. The van der Waals surface area contributed by atoms with Crippen molar-refractivity contribution in [1.82, 2.24) is 15.4 Å². The Hall–Kier alpha value is -0.990. The Morgan fingerprint density at radius 3 is 1.86 bits per heavy atom. The normalized spacial score (nSPS) is 10.4. The first-order chi connectivity index (χ1) is 6.86. The van der Waals surface area contributed by atoms with Crippen LogP contribution < -0.4 is 0 Å². The maximum absolute atomic E-state index is 4.02. The maximum Gasteiger partial charge on any atom is 0.0667 e. The molecule has 14 heavy (non-hydrogen) atoms. The molecule has 3 heteroatoms. The molecule has 0 aliphatic carbocycles. The highest BCUT2D eigenvalue weighted by Crippen LogP contribution is 2.04. The van der Waals surface area contributed by atoms with Crippen LogP contribution in [0.5, 0.6) is 0 Å². The summed E-state index contributed by atoms with van der Waals surface area (Å²) < 4.78 is 0. The Kier molecular flexibility index (Phi) is 5.12. The van der Waals surface area contributed by atoms with E-state index in [2.05, 4.69) is 35.3 Å². The van der Waals surface area contributed by atoms with E-state index in [1.807, 2.05) is 0 Å². The van der Waals surface area contributed by atoms with E-state index in [-0.39, 0.29) is 0 Å². The molecule has 0 aliphatic rings. The van der Waals surface area contributed by atoms with Crippen LogP contribution in [0, 0.1) is 0 Å². The molecule has 0 saturated carbocycles. The van der Waals surface area contributed by atoms with Gasteiger partial charge in [0.1, 0.15) is 0 Å². The Bertz CT molecular complexity index is 237. The van der Waals surface area contributed by atoms with Gasteiger partial charge in [-0.2, -0.15) is 0 Å². The average molecular weight is 193 g/mol. The molecule has 0 amide bonds. The van der Waals surface area contributed by atoms with E-state index in [4.69, 9.17) is 0 Å². The molecule has 0 spiro atoms. The van der Waals surface area contributed by atoms with Crippen molar-refractivity contribution < 1.29 is 0 Å². The zero-order valence-electron chi connectivity index (χ0n) is 9.16. The number of aromatic nitrogens is 3. The molecular weight excluding hydrogens is 174 g/mol.